The van der Waals surface area contributed by atoms with Crippen LogP contribution in [0.5, 0.6) is 0 Å². The van der Waals surface area contributed by atoms with E-state index in [1.54, 1.807) is 6.92 Å². The number of hydrogen-bond donors (Lipinski definition) is 0. The van der Waals surface area contributed by atoms with Gasteiger partial charge in [0.05, 0.1) is 6.61 Å². The summed E-state index contributed by atoms with van der Waals surface area (Å²) in [5.74, 6) is 0. The first-order chi connectivity index (χ1) is 5.26. The highest BCUT2D eigenvalue weighted by atomic mass is 16.5. The zero-order chi connectivity index (χ0) is 9.11. The van der Waals surface area contributed by atoms with Crippen LogP contribution in [0.1, 0.15) is 27.2 Å². The molecule has 3 nitrogen and oxygen atoms in total. The monoisotopic (exact) mass is 161 g/mol. The fourth-order valence-corrected chi connectivity index (χ4v) is 0.467. The Labute approximate surface area is 68.4 Å². The molecule has 0 aliphatic heterocycles. The van der Waals surface area contributed by atoms with Crippen molar-refractivity contribution in [1.29, 1.82) is 0 Å². The maximum absolute atomic E-state index is 10.0. The Balaban J connectivity index is 0. The van der Waals surface area contributed by atoms with Crippen molar-refractivity contribution in [2.45, 2.75) is 33.3 Å². The molecule has 0 saturated carbocycles. The average Bonchev–Trinajstić information content (AvgIpc) is 2.02. The van der Waals surface area contributed by atoms with E-state index in [1.807, 2.05) is 13.8 Å². The fourth-order valence-electron chi connectivity index (χ4n) is 0.467. The number of rotatable bonds is 4. The molecule has 0 aromatic carbocycles. The van der Waals surface area contributed by atoms with E-state index in [9.17, 15) is 4.79 Å². The molecular weight excluding hydrogens is 144 g/mol. The van der Waals surface area contributed by atoms with Gasteiger partial charge < -0.3 is 9.53 Å². The minimum atomic E-state index is -0.181. The summed E-state index contributed by atoms with van der Waals surface area (Å²) in [5.41, 5.74) is 0. The van der Waals surface area contributed by atoms with Crippen LogP contribution in [0.4, 0.5) is 0 Å². The smallest absolute Gasteiger partial charge is 0.148 e. The van der Waals surface area contributed by atoms with Crippen molar-refractivity contribution in [1.82, 2.24) is 0 Å². The van der Waals surface area contributed by atoms with Crippen molar-refractivity contribution in [3.8, 4) is 0 Å². The highest BCUT2D eigenvalue weighted by molar-refractivity contribution is 5.55. The molecule has 0 aliphatic carbocycles. The van der Waals surface area contributed by atoms with Gasteiger partial charge in [0.2, 0.25) is 0 Å². The molecule has 0 bridgehead atoms. The summed E-state index contributed by atoms with van der Waals surface area (Å²) in [7, 11) is 0. The van der Waals surface area contributed by atoms with E-state index in [-0.39, 0.29) is 12.7 Å². The number of hydrogen-bond acceptors (Lipinski definition) is 2. The lowest BCUT2D eigenvalue weighted by atomic mass is 10.3. The molecule has 1 unspecified atom stereocenters. The minimum Gasteiger partial charge on any atom is -0.371 e. The van der Waals surface area contributed by atoms with Crippen LogP contribution < -0.4 is 0 Å². The molecule has 1 atom stereocenters. The standard InChI is InChI=1S/C6H12O2.C2H5O/c1-3-6(5-7)8-4-2;1-2-3/h5-6H,3-4H2,1-2H3;2H2,1H3. The molecule has 11 heavy (non-hydrogen) atoms. The van der Waals surface area contributed by atoms with Gasteiger partial charge in [-0.25, -0.2) is 5.11 Å². The Bertz CT molecular complexity index is 73.7. The molecule has 0 aliphatic rings. The molecule has 0 saturated heterocycles. The molecule has 0 spiro atoms. The summed E-state index contributed by atoms with van der Waals surface area (Å²) >= 11 is 0. The molecule has 0 aromatic heterocycles. The van der Waals surface area contributed by atoms with Crippen molar-refractivity contribution in [3.63, 3.8) is 0 Å². The largest absolute Gasteiger partial charge is 0.371 e. The van der Waals surface area contributed by atoms with E-state index >= 15 is 0 Å². The molecule has 67 valence electrons. The molecule has 0 heterocycles. The highest BCUT2D eigenvalue weighted by Gasteiger charge is 1.99. The van der Waals surface area contributed by atoms with Crippen LogP contribution in [0.15, 0.2) is 0 Å². The lowest BCUT2D eigenvalue weighted by Gasteiger charge is -2.04. The molecule has 0 fully saturated rings. The molecule has 1 radical (unpaired) electrons. The Kier molecular flexibility index (Phi) is 14.7. The molecule has 0 aromatic rings. The van der Waals surface area contributed by atoms with Crippen LogP contribution in [0.25, 0.3) is 0 Å². The molecule has 0 N–H and O–H groups in total. The summed E-state index contributed by atoms with van der Waals surface area (Å²) in [6.45, 7) is 6.00. The second-order valence-corrected chi connectivity index (χ2v) is 1.83. The van der Waals surface area contributed by atoms with E-state index in [1.165, 1.54) is 0 Å². The zero-order valence-electron chi connectivity index (χ0n) is 7.50. The SMILES string of the molecule is CCOC(C=O)CC.CC[O]. The summed E-state index contributed by atoms with van der Waals surface area (Å²) in [6, 6.07) is 0. The number of aldehydes is 1. The summed E-state index contributed by atoms with van der Waals surface area (Å²) < 4.78 is 4.97. The average molecular weight is 161 g/mol. The van der Waals surface area contributed by atoms with Crippen LogP contribution in [0.3, 0.4) is 0 Å². The van der Waals surface area contributed by atoms with Crippen molar-refractivity contribution < 1.29 is 14.6 Å². The topological polar surface area (TPSA) is 46.2 Å². The summed E-state index contributed by atoms with van der Waals surface area (Å²) in [4.78, 5) is 10.0. The number of ether oxygens (including phenoxy) is 1. The van der Waals surface area contributed by atoms with E-state index in [0.29, 0.717) is 6.61 Å². The van der Waals surface area contributed by atoms with Gasteiger partial charge in [-0.15, -0.1) is 0 Å². The zero-order valence-corrected chi connectivity index (χ0v) is 7.50. The van der Waals surface area contributed by atoms with Crippen LogP contribution in [0, 0.1) is 0 Å². The number of carbonyl (C=O) groups excluding carboxylic acids is 1. The van der Waals surface area contributed by atoms with Crippen LogP contribution in [0.2, 0.25) is 0 Å². The Morgan fingerprint density at radius 3 is 1.91 bits per heavy atom. The second-order valence-electron chi connectivity index (χ2n) is 1.83. The van der Waals surface area contributed by atoms with Gasteiger partial charge in [-0.3, -0.25) is 0 Å². The maximum atomic E-state index is 10.0. The normalized spacial score (nSPS) is 11.3. The van der Waals surface area contributed by atoms with Crippen LogP contribution in [-0.2, 0) is 14.6 Å². The van der Waals surface area contributed by atoms with Gasteiger partial charge in [-0.2, -0.15) is 0 Å². The predicted octanol–water partition coefficient (Wildman–Crippen LogP) is 1.44. The quantitative estimate of drug-likeness (QED) is 0.585. The van der Waals surface area contributed by atoms with Crippen molar-refractivity contribution >= 4 is 6.29 Å². The third-order valence-electron chi connectivity index (χ3n) is 0.935. The number of carbonyl (C=O) groups is 1. The Hall–Kier alpha value is -0.410. The van der Waals surface area contributed by atoms with Gasteiger partial charge in [0.1, 0.15) is 12.4 Å². The van der Waals surface area contributed by atoms with E-state index < -0.39 is 0 Å². The maximum Gasteiger partial charge on any atom is 0.148 e. The van der Waals surface area contributed by atoms with Crippen molar-refractivity contribution in [3.05, 3.63) is 0 Å². The van der Waals surface area contributed by atoms with Gasteiger partial charge in [0, 0.05) is 6.61 Å². The van der Waals surface area contributed by atoms with Gasteiger partial charge in [0.25, 0.3) is 0 Å². The Morgan fingerprint density at radius 2 is 1.82 bits per heavy atom. The first-order valence-corrected chi connectivity index (χ1v) is 3.91. The fraction of sp³-hybridized carbons (Fsp3) is 0.875. The molecule has 0 amide bonds. The van der Waals surface area contributed by atoms with Gasteiger partial charge in [0.15, 0.2) is 0 Å². The van der Waals surface area contributed by atoms with E-state index in [2.05, 4.69) is 0 Å². The summed E-state index contributed by atoms with van der Waals surface area (Å²) in [6.07, 6.45) is 1.43. The third kappa shape index (κ3) is 12.7. The van der Waals surface area contributed by atoms with Gasteiger partial charge in [-0.1, -0.05) is 6.92 Å². The highest BCUT2D eigenvalue weighted by Crippen LogP contribution is 1.91. The lowest BCUT2D eigenvalue weighted by Crippen LogP contribution is -2.12. The first-order valence-electron chi connectivity index (χ1n) is 3.91. The predicted molar refractivity (Wildman–Crippen MR) is 43.0 cm³/mol. The van der Waals surface area contributed by atoms with E-state index in [0.717, 1.165) is 12.7 Å². The molecule has 0 rings (SSSR count). The van der Waals surface area contributed by atoms with Crippen molar-refractivity contribution in [2.24, 2.45) is 0 Å². The summed E-state index contributed by atoms with van der Waals surface area (Å²) in [5, 5.41) is 8.93. The lowest BCUT2D eigenvalue weighted by molar-refractivity contribution is -0.117. The molecule has 3 heteroatoms. The second kappa shape index (κ2) is 12.3. The Morgan fingerprint density at radius 1 is 1.36 bits per heavy atom. The third-order valence-corrected chi connectivity index (χ3v) is 0.935. The van der Waals surface area contributed by atoms with Crippen molar-refractivity contribution in [2.75, 3.05) is 13.2 Å². The van der Waals surface area contributed by atoms with Gasteiger partial charge in [-0.05, 0) is 20.3 Å². The van der Waals surface area contributed by atoms with Gasteiger partial charge >= 0.3 is 0 Å². The van der Waals surface area contributed by atoms with Crippen LogP contribution in [-0.4, -0.2) is 25.6 Å². The first kappa shape index (κ1) is 13.2. The molecular formula is C8H17O3. The van der Waals surface area contributed by atoms with E-state index in [4.69, 9.17) is 9.84 Å². The van der Waals surface area contributed by atoms with Crippen LogP contribution >= 0.6 is 0 Å². The minimum absolute atomic E-state index is 0.